The lowest BCUT2D eigenvalue weighted by atomic mass is 9.92. The number of aryl methyl sites for hydroxylation is 2. The maximum Gasteiger partial charge on any atom is 0.407 e. The molecule has 1 aromatic carbocycles. The standard InChI is InChI=1S/C26H38N4O3/c1-16(2)14-21-20(15-27-25(32)33-26(5,6)7)22(19-12-10-17(3)11-13-19)23(18(4)28-21)29-24(31)30(8)9/h10-13,16H,14-15H2,1-9H3,(H,27,32)(H,29,31). The van der Waals surface area contributed by atoms with Gasteiger partial charge in [-0.2, -0.15) is 0 Å². The number of anilines is 1. The van der Waals surface area contributed by atoms with Crippen molar-refractivity contribution in [2.24, 2.45) is 5.92 Å². The molecule has 0 spiro atoms. The molecule has 0 atom stereocenters. The van der Waals surface area contributed by atoms with E-state index in [-0.39, 0.29) is 12.6 Å². The number of ether oxygens (including phenoxy) is 1. The first-order chi connectivity index (χ1) is 15.3. The van der Waals surface area contributed by atoms with E-state index in [4.69, 9.17) is 9.72 Å². The lowest BCUT2D eigenvalue weighted by molar-refractivity contribution is 0.0523. The Kier molecular flexibility index (Phi) is 8.47. The van der Waals surface area contributed by atoms with Crippen LogP contribution in [0, 0.1) is 19.8 Å². The predicted molar refractivity (Wildman–Crippen MR) is 133 cm³/mol. The van der Waals surface area contributed by atoms with Gasteiger partial charge in [0.05, 0.1) is 11.4 Å². The molecule has 0 saturated heterocycles. The number of urea groups is 1. The van der Waals surface area contributed by atoms with Crippen molar-refractivity contribution in [3.8, 4) is 11.1 Å². The molecule has 2 aromatic rings. The molecule has 0 fully saturated rings. The van der Waals surface area contributed by atoms with Gasteiger partial charge in [0.2, 0.25) is 0 Å². The van der Waals surface area contributed by atoms with Crippen LogP contribution in [0.25, 0.3) is 11.1 Å². The number of nitrogens with zero attached hydrogens (tertiary/aromatic N) is 2. The molecule has 33 heavy (non-hydrogen) atoms. The Hall–Kier alpha value is -3.09. The molecule has 0 aliphatic rings. The SMILES string of the molecule is Cc1ccc(-c2c(CNC(=O)OC(C)(C)C)c(CC(C)C)nc(C)c2NC(=O)N(C)C)cc1. The van der Waals surface area contributed by atoms with Gasteiger partial charge in [-0.05, 0) is 52.5 Å². The fourth-order valence-electron chi connectivity index (χ4n) is 3.43. The van der Waals surface area contributed by atoms with Crippen LogP contribution in [0.3, 0.4) is 0 Å². The van der Waals surface area contributed by atoms with Gasteiger partial charge in [0.15, 0.2) is 0 Å². The van der Waals surface area contributed by atoms with Crippen molar-refractivity contribution in [2.75, 3.05) is 19.4 Å². The summed E-state index contributed by atoms with van der Waals surface area (Å²) in [5, 5.41) is 5.91. The van der Waals surface area contributed by atoms with Gasteiger partial charge in [-0.25, -0.2) is 9.59 Å². The van der Waals surface area contributed by atoms with Crippen LogP contribution in [-0.2, 0) is 17.7 Å². The van der Waals surface area contributed by atoms with E-state index < -0.39 is 11.7 Å². The molecule has 7 heteroatoms. The molecule has 2 rings (SSSR count). The number of amides is 3. The number of benzene rings is 1. The minimum Gasteiger partial charge on any atom is -0.444 e. The third-order valence-electron chi connectivity index (χ3n) is 4.95. The van der Waals surface area contributed by atoms with Crippen molar-refractivity contribution in [3.63, 3.8) is 0 Å². The Bertz CT molecular complexity index is 990. The summed E-state index contributed by atoms with van der Waals surface area (Å²) in [4.78, 5) is 31.4. The summed E-state index contributed by atoms with van der Waals surface area (Å²) in [6.45, 7) is 13.9. The number of nitrogens with one attached hydrogen (secondary N) is 2. The van der Waals surface area contributed by atoms with Gasteiger partial charge in [0.25, 0.3) is 0 Å². The van der Waals surface area contributed by atoms with Crippen molar-refractivity contribution < 1.29 is 14.3 Å². The minimum atomic E-state index is -0.596. The largest absolute Gasteiger partial charge is 0.444 e. The van der Waals surface area contributed by atoms with E-state index in [0.29, 0.717) is 11.6 Å². The van der Waals surface area contributed by atoms with E-state index in [2.05, 4.69) is 24.5 Å². The maximum atomic E-state index is 12.6. The van der Waals surface area contributed by atoms with E-state index in [9.17, 15) is 9.59 Å². The Labute approximate surface area is 197 Å². The number of pyridine rings is 1. The lowest BCUT2D eigenvalue weighted by Gasteiger charge is -2.24. The molecule has 180 valence electrons. The topological polar surface area (TPSA) is 83.6 Å². The summed E-state index contributed by atoms with van der Waals surface area (Å²) in [5.74, 6) is 0.366. The van der Waals surface area contributed by atoms with Crippen LogP contribution >= 0.6 is 0 Å². The number of hydrogen-bond acceptors (Lipinski definition) is 4. The lowest BCUT2D eigenvalue weighted by Crippen LogP contribution is -2.33. The van der Waals surface area contributed by atoms with Crippen molar-refractivity contribution in [1.82, 2.24) is 15.2 Å². The summed E-state index contributed by atoms with van der Waals surface area (Å²) in [6.07, 6.45) is 0.250. The molecule has 7 nitrogen and oxygen atoms in total. The Morgan fingerprint density at radius 2 is 1.70 bits per heavy atom. The third kappa shape index (κ3) is 7.48. The fraction of sp³-hybridized carbons (Fsp3) is 0.500. The van der Waals surface area contributed by atoms with Gasteiger partial charge >= 0.3 is 12.1 Å². The molecule has 0 radical (unpaired) electrons. The molecule has 2 N–H and O–H groups in total. The van der Waals surface area contributed by atoms with Crippen LogP contribution in [0.4, 0.5) is 15.3 Å². The summed E-state index contributed by atoms with van der Waals surface area (Å²) in [7, 11) is 3.39. The number of aromatic nitrogens is 1. The number of hydrogen-bond donors (Lipinski definition) is 2. The van der Waals surface area contributed by atoms with E-state index in [1.54, 1.807) is 14.1 Å². The molecule has 0 aliphatic carbocycles. The fourth-order valence-corrected chi connectivity index (χ4v) is 3.43. The quantitative estimate of drug-likeness (QED) is 0.588. The van der Waals surface area contributed by atoms with E-state index >= 15 is 0 Å². The van der Waals surface area contributed by atoms with Crippen molar-refractivity contribution in [3.05, 3.63) is 46.8 Å². The smallest absolute Gasteiger partial charge is 0.407 e. The summed E-state index contributed by atoms with van der Waals surface area (Å²) < 4.78 is 5.44. The number of alkyl carbamates (subject to hydrolysis) is 1. The predicted octanol–water partition coefficient (Wildman–Crippen LogP) is 5.68. The molecule has 0 unspecified atom stereocenters. The monoisotopic (exact) mass is 454 g/mol. The molecule has 1 aromatic heterocycles. The van der Waals surface area contributed by atoms with Gasteiger partial charge in [0, 0.05) is 37.5 Å². The Balaban J connectivity index is 2.68. The van der Waals surface area contributed by atoms with Crippen LogP contribution in [0.2, 0.25) is 0 Å². The second kappa shape index (κ2) is 10.7. The van der Waals surface area contributed by atoms with Gasteiger partial charge in [-0.15, -0.1) is 0 Å². The Morgan fingerprint density at radius 3 is 2.21 bits per heavy atom. The van der Waals surface area contributed by atoms with Crippen molar-refractivity contribution in [1.29, 1.82) is 0 Å². The summed E-state index contributed by atoms with van der Waals surface area (Å²) in [5.41, 5.74) is 5.51. The average Bonchev–Trinajstić information content (AvgIpc) is 2.67. The van der Waals surface area contributed by atoms with Gasteiger partial charge in [0.1, 0.15) is 5.60 Å². The zero-order chi connectivity index (χ0) is 24.9. The second-order valence-electron chi connectivity index (χ2n) is 10.0. The molecular weight excluding hydrogens is 416 g/mol. The highest BCUT2D eigenvalue weighted by Crippen LogP contribution is 2.36. The van der Waals surface area contributed by atoms with Crippen LogP contribution in [0.5, 0.6) is 0 Å². The molecule has 0 aliphatic heterocycles. The number of rotatable bonds is 6. The van der Waals surface area contributed by atoms with E-state index in [0.717, 1.165) is 40.1 Å². The van der Waals surface area contributed by atoms with Crippen LogP contribution < -0.4 is 10.6 Å². The number of carbonyl (C=O) groups is 2. The van der Waals surface area contributed by atoms with Crippen LogP contribution in [0.1, 0.15) is 57.1 Å². The van der Waals surface area contributed by atoms with Gasteiger partial charge in [-0.1, -0.05) is 43.7 Å². The third-order valence-corrected chi connectivity index (χ3v) is 4.95. The first kappa shape index (κ1) is 26.2. The van der Waals surface area contributed by atoms with Crippen LogP contribution in [-0.4, -0.2) is 41.7 Å². The normalized spacial score (nSPS) is 11.3. The van der Waals surface area contributed by atoms with Gasteiger partial charge in [-0.3, -0.25) is 4.98 Å². The second-order valence-corrected chi connectivity index (χ2v) is 10.0. The van der Waals surface area contributed by atoms with Crippen LogP contribution in [0.15, 0.2) is 24.3 Å². The molecule has 3 amide bonds. The zero-order valence-electron chi connectivity index (χ0n) is 21.4. The zero-order valence-corrected chi connectivity index (χ0v) is 21.4. The summed E-state index contributed by atoms with van der Waals surface area (Å²) in [6, 6.07) is 7.90. The molecule has 1 heterocycles. The Morgan fingerprint density at radius 1 is 1.09 bits per heavy atom. The first-order valence-corrected chi connectivity index (χ1v) is 11.3. The molecule has 0 saturated carbocycles. The molecule has 0 bridgehead atoms. The highest BCUT2D eigenvalue weighted by atomic mass is 16.6. The first-order valence-electron chi connectivity index (χ1n) is 11.3. The maximum absolute atomic E-state index is 12.6. The highest BCUT2D eigenvalue weighted by molar-refractivity contribution is 5.96. The minimum absolute atomic E-state index is 0.234. The summed E-state index contributed by atoms with van der Waals surface area (Å²) >= 11 is 0. The van der Waals surface area contributed by atoms with Crippen molar-refractivity contribution in [2.45, 2.75) is 67.0 Å². The van der Waals surface area contributed by atoms with E-state index in [1.807, 2.05) is 58.9 Å². The van der Waals surface area contributed by atoms with E-state index in [1.165, 1.54) is 4.90 Å². The molecular formula is C26H38N4O3. The average molecular weight is 455 g/mol. The van der Waals surface area contributed by atoms with Gasteiger partial charge < -0.3 is 20.3 Å². The number of carbonyl (C=O) groups excluding carboxylic acids is 2. The van der Waals surface area contributed by atoms with Crippen molar-refractivity contribution >= 4 is 17.8 Å². The highest BCUT2D eigenvalue weighted by Gasteiger charge is 2.23.